The summed E-state index contributed by atoms with van der Waals surface area (Å²) in [5.74, 6) is 0.190. The van der Waals surface area contributed by atoms with Crippen LogP contribution in [0.15, 0.2) is 42.5 Å². The molecule has 1 heterocycles. The highest BCUT2D eigenvalue weighted by Crippen LogP contribution is 2.20. The predicted molar refractivity (Wildman–Crippen MR) is 97.1 cm³/mol. The van der Waals surface area contributed by atoms with E-state index >= 15 is 0 Å². The minimum absolute atomic E-state index is 0.0354. The summed E-state index contributed by atoms with van der Waals surface area (Å²) in [4.78, 5) is 26.2. The normalized spacial score (nSPS) is 13.6. The zero-order chi connectivity index (χ0) is 17.8. The van der Waals surface area contributed by atoms with Gasteiger partial charge >= 0.3 is 6.03 Å². The highest BCUT2D eigenvalue weighted by molar-refractivity contribution is 6.01. The maximum atomic E-state index is 12.3. The van der Waals surface area contributed by atoms with Crippen molar-refractivity contribution in [2.24, 2.45) is 0 Å². The quantitative estimate of drug-likeness (QED) is 0.748. The van der Waals surface area contributed by atoms with Crippen LogP contribution in [-0.4, -0.2) is 35.0 Å². The zero-order valence-corrected chi connectivity index (χ0v) is 14.1. The van der Waals surface area contributed by atoms with Crippen molar-refractivity contribution in [1.29, 1.82) is 0 Å². The zero-order valence-electron chi connectivity index (χ0n) is 14.1. The number of urea groups is 1. The fraction of sp³-hybridized carbons (Fsp3) is 0.263. The van der Waals surface area contributed by atoms with Crippen molar-refractivity contribution in [1.82, 2.24) is 4.90 Å². The van der Waals surface area contributed by atoms with E-state index in [2.05, 4.69) is 10.6 Å². The van der Waals surface area contributed by atoms with Crippen LogP contribution >= 0.6 is 0 Å². The molecule has 0 aromatic heterocycles. The number of phenolic OH excluding ortho intramolecular Hbond substituents is 1. The maximum absolute atomic E-state index is 12.3. The Morgan fingerprint density at radius 1 is 1.00 bits per heavy atom. The van der Waals surface area contributed by atoms with E-state index < -0.39 is 0 Å². The van der Waals surface area contributed by atoms with Gasteiger partial charge in [0, 0.05) is 30.0 Å². The molecule has 25 heavy (non-hydrogen) atoms. The molecule has 1 fully saturated rings. The number of carbonyl (C=O) groups is 2. The van der Waals surface area contributed by atoms with Gasteiger partial charge in [-0.05, 0) is 67.8 Å². The van der Waals surface area contributed by atoms with Crippen LogP contribution in [0.4, 0.5) is 16.2 Å². The Balaban J connectivity index is 1.60. The van der Waals surface area contributed by atoms with E-state index in [9.17, 15) is 14.7 Å². The maximum Gasteiger partial charge on any atom is 0.323 e. The highest BCUT2D eigenvalue weighted by atomic mass is 16.3. The molecule has 6 nitrogen and oxygen atoms in total. The summed E-state index contributed by atoms with van der Waals surface area (Å²) in [5.41, 5.74) is 2.62. The summed E-state index contributed by atoms with van der Waals surface area (Å²) in [6.45, 7) is 3.43. The largest absolute Gasteiger partial charge is 0.508 e. The summed E-state index contributed by atoms with van der Waals surface area (Å²) < 4.78 is 0. The summed E-state index contributed by atoms with van der Waals surface area (Å²) in [6, 6.07) is 11.2. The predicted octanol–water partition coefficient (Wildman–Crippen LogP) is 3.58. The van der Waals surface area contributed by atoms with Gasteiger partial charge in [-0.2, -0.15) is 0 Å². The van der Waals surface area contributed by atoms with E-state index in [1.807, 2.05) is 4.90 Å². The third-order valence-electron chi connectivity index (χ3n) is 4.24. The monoisotopic (exact) mass is 339 g/mol. The number of benzene rings is 2. The second kappa shape index (κ2) is 7.25. The molecule has 2 aromatic rings. The Bertz CT molecular complexity index is 781. The smallest absolute Gasteiger partial charge is 0.323 e. The van der Waals surface area contributed by atoms with Crippen molar-refractivity contribution in [3.63, 3.8) is 0 Å². The third-order valence-corrected chi connectivity index (χ3v) is 4.24. The number of amides is 3. The lowest BCUT2D eigenvalue weighted by Crippen LogP contribution is -2.27. The van der Waals surface area contributed by atoms with Gasteiger partial charge in [0.1, 0.15) is 5.75 Å². The van der Waals surface area contributed by atoms with Gasteiger partial charge in [0.15, 0.2) is 0 Å². The minimum atomic E-state index is -0.382. The molecule has 0 saturated carbocycles. The molecule has 0 atom stereocenters. The number of anilines is 2. The van der Waals surface area contributed by atoms with Crippen molar-refractivity contribution in [3.05, 3.63) is 53.6 Å². The van der Waals surface area contributed by atoms with Crippen molar-refractivity contribution < 1.29 is 14.7 Å². The van der Waals surface area contributed by atoms with E-state index in [4.69, 9.17) is 0 Å². The number of nitrogens with one attached hydrogen (secondary N) is 2. The first-order chi connectivity index (χ1) is 12.0. The molecule has 1 aliphatic rings. The molecular formula is C19H21N3O3. The Morgan fingerprint density at radius 3 is 2.32 bits per heavy atom. The molecule has 3 N–H and O–H groups in total. The topological polar surface area (TPSA) is 81.7 Å². The van der Waals surface area contributed by atoms with E-state index in [0.29, 0.717) is 16.9 Å². The van der Waals surface area contributed by atoms with E-state index in [-0.39, 0.29) is 17.7 Å². The van der Waals surface area contributed by atoms with Crippen LogP contribution in [0.1, 0.15) is 28.8 Å². The first-order valence-electron chi connectivity index (χ1n) is 8.30. The summed E-state index contributed by atoms with van der Waals surface area (Å²) in [6.07, 6.45) is 2.12. The van der Waals surface area contributed by atoms with Gasteiger partial charge in [-0.15, -0.1) is 0 Å². The number of rotatable bonds is 3. The third kappa shape index (κ3) is 4.09. The number of aryl methyl sites for hydroxylation is 1. The van der Waals surface area contributed by atoms with Crippen molar-refractivity contribution >= 4 is 23.3 Å². The van der Waals surface area contributed by atoms with Gasteiger partial charge in [-0.3, -0.25) is 4.79 Å². The fourth-order valence-electron chi connectivity index (χ4n) is 2.87. The molecule has 6 heteroatoms. The molecule has 0 unspecified atom stereocenters. The lowest BCUT2D eigenvalue weighted by Gasteiger charge is -2.15. The lowest BCUT2D eigenvalue weighted by atomic mass is 10.2. The van der Waals surface area contributed by atoms with Gasteiger partial charge in [-0.25, -0.2) is 4.79 Å². The molecule has 130 valence electrons. The van der Waals surface area contributed by atoms with Crippen LogP contribution in [0.3, 0.4) is 0 Å². The van der Waals surface area contributed by atoms with Crippen LogP contribution in [0.5, 0.6) is 5.75 Å². The number of hydrogen-bond donors (Lipinski definition) is 3. The van der Waals surface area contributed by atoms with E-state index in [1.54, 1.807) is 43.3 Å². The van der Waals surface area contributed by atoms with E-state index in [1.165, 1.54) is 6.07 Å². The molecule has 3 amide bonds. The SMILES string of the molecule is Cc1cc(O)ccc1NC(=O)Nc1ccc(C(=O)N2CCCC2)cc1. The Kier molecular flexibility index (Phi) is 4.88. The van der Waals surface area contributed by atoms with Crippen LogP contribution in [0.2, 0.25) is 0 Å². The Hall–Kier alpha value is -3.02. The molecular weight excluding hydrogens is 318 g/mol. The van der Waals surface area contributed by atoms with Crippen LogP contribution in [0, 0.1) is 6.92 Å². The summed E-state index contributed by atoms with van der Waals surface area (Å²) in [5, 5.41) is 14.9. The fourth-order valence-corrected chi connectivity index (χ4v) is 2.87. The van der Waals surface area contributed by atoms with Crippen molar-refractivity contribution in [2.75, 3.05) is 23.7 Å². The van der Waals surface area contributed by atoms with Crippen molar-refractivity contribution in [3.8, 4) is 5.75 Å². The van der Waals surface area contributed by atoms with Crippen LogP contribution in [-0.2, 0) is 0 Å². The molecule has 0 radical (unpaired) electrons. The van der Waals surface area contributed by atoms with Gasteiger partial charge in [0.05, 0.1) is 0 Å². The molecule has 0 aliphatic carbocycles. The molecule has 3 rings (SSSR count). The Labute approximate surface area is 146 Å². The number of nitrogens with zero attached hydrogens (tertiary/aromatic N) is 1. The first-order valence-corrected chi connectivity index (χ1v) is 8.30. The Morgan fingerprint density at radius 2 is 1.68 bits per heavy atom. The average molecular weight is 339 g/mol. The minimum Gasteiger partial charge on any atom is -0.508 e. The second-order valence-electron chi connectivity index (χ2n) is 6.16. The second-order valence-corrected chi connectivity index (χ2v) is 6.16. The first kappa shape index (κ1) is 16.8. The molecule has 1 aliphatic heterocycles. The molecule has 0 bridgehead atoms. The average Bonchev–Trinajstić information content (AvgIpc) is 3.12. The number of aromatic hydroxyl groups is 1. The highest BCUT2D eigenvalue weighted by Gasteiger charge is 2.19. The van der Waals surface area contributed by atoms with Gasteiger partial charge < -0.3 is 20.6 Å². The molecule has 1 saturated heterocycles. The summed E-state index contributed by atoms with van der Waals surface area (Å²) >= 11 is 0. The van der Waals surface area contributed by atoms with Crippen molar-refractivity contribution in [2.45, 2.75) is 19.8 Å². The molecule has 2 aromatic carbocycles. The van der Waals surface area contributed by atoms with E-state index in [0.717, 1.165) is 31.5 Å². The van der Waals surface area contributed by atoms with Gasteiger partial charge in [-0.1, -0.05) is 0 Å². The van der Waals surface area contributed by atoms with Gasteiger partial charge in [0.25, 0.3) is 5.91 Å². The number of phenols is 1. The van der Waals surface area contributed by atoms with Gasteiger partial charge in [0.2, 0.25) is 0 Å². The number of carbonyl (C=O) groups excluding carboxylic acids is 2. The summed E-state index contributed by atoms with van der Waals surface area (Å²) in [7, 11) is 0. The molecule has 0 spiro atoms. The van der Waals surface area contributed by atoms with Crippen LogP contribution in [0.25, 0.3) is 0 Å². The standard InChI is InChI=1S/C19H21N3O3/c1-13-12-16(23)8-9-17(13)21-19(25)20-15-6-4-14(5-7-15)18(24)22-10-2-3-11-22/h4-9,12,23H,2-3,10-11H2,1H3,(H2,20,21,25). The lowest BCUT2D eigenvalue weighted by molar-refractivity contribution is 0.0793. The number of likely N-dealkylation sites (tertiary alicyclic amines) is 1. The number of hydrogen-bond acceptors (Lipinski definition) is 3. The van der Waals surface area contributed by atoms with Crippen LogP contribution < -0.4 is 10.6 Å².